The SMILES string of the molecule is C[C@@]12CC[C@@H](C[C@@H]1C(=O)N1CC[C@H](O)[C@@H]3CCCC[C@@H]31)[C@@]1(C2)NC(=O)c2ccccc2N1. The van der Waals surface area contributed by atoms with Crippen molar-refractivity contribution < 1.29 is 14.7 Å². The molecule has 6 heteroatoms. The molecule has 4 aliphatic carbocycles. The van der Waals surface area contributed by atoms with Crippen molar-refractivity contribution in [1.82, 2.24) is 10.2 Å². The van der Waals surface area contributed by atoms with Crippen molar-refractivity contribution in [2.24, 2.45) is 23.2 Å². The van der Waals surface area contributed by atoms with Gasteiger partial charge in [0, 0.05) is 36.0 Å². The van der Waals surface area contributed by atoms with E-state index in [1.54, 1.807) is 0 Å². The number of anilines is 1. The summed E-state index contributed by atoms with van der Waals surface area (Å²) in [7, 11) is 0. The number of aliphatic hydroxyl groups is 1. The highest BCUT2D eigenvalue weighted by Gasteiger charge is 2.61. The first-order chi connectivity index (χ1) is 15.4. The van der Waals surface area contributed by atoms with Gasteiger partial charge in [-0.15, -0.1) is 0 Å². The van der Waals surface area contributed by atoms with Gasteiger partial charge in [0.15, 0.2) is 0 Å². The van der Waals surface area contributed by atoms with Crippen LogP contribution in [0.4, 0.5) is 5.69 Å². The van der Waals surface area contributed by atoms with Gasteiger partial charge in [-0.3, -0.25) is 9.59 Å². The summed E-state index contributed by atoms with van der Waals surface area (Å²) in [4.78, 5) is 29.1. The van der Waals surface area contributed by atoms with Crippen molar-refractivity contribution in [1.29, 1.82) is 0 Å². The zero-order chi connectivity index (χ0) is 22.1. The fourth-order valence-electron chi connectivity index (χ4n) is 7.93. The minimum absolute atomic E-state index is 0.000525. The molecule has 2 amide bonds. The van der Waals surface area contributed by atoms with Crippen LogP contribution in [-0.4, -0.2) is 46.2 Å². The maximum Gasteiger partial charge on any atom is 0.255 e. The summed E-state index contributed by atoms with van der Waals surface area (Å²) in [5.41, 5.74) is 1.01. The second kappa shape index (κ2) is 7.21. The second-order valence-electron chi connectivity index (χ2n) is 11.4. The fraction of sp³-hybridized carbons (Fsp3) is 0.692. The van der Waals surface area contributed by atoms with Gasteiger partial charge in [-0.05, 0) is 62.5 Å². The number of likely N-dealkylation sites (tertiary alicyclic amines) is 1. The van der Waals surface area contributed by atoms with Crippen LogP contribution in [0.3, 0.4) is 0 Å². The van der Waals surface area contributed by atoms with Crippen LogP contribution in [0.5, 0.6) is 0 Å². The van der Waals surface area contributed by atoms with E-state index in [-0.39, 0.29) is 41.2 Å². The van der Waals surface area contributed by atoms with E-state index in [4.69, 9.17) is 0 Å². The number of para-hydroxylation sites is 1. The molecule has 1 saturated heterocycles. The standard InChI is InChI=1S/C26H35N3O3/c1-25-12-10-16(26(15-25)27-20-8-4-2-6-17(20)23(31)28-26)14-19(25)24(32)29-13-11-22(30)18-7-3-5-9-21(18)29/h2,4,6,8,16,18-19,21-22,27,30H,3,5,7,9-15H2,1H3,(H,28,31)/t16-,18+,19+,21-,22-,25-,26+/m0/s1. The van der Waals surface area contributed by atoms with Crippen molar-refractivity contribution >= 4 is 17.5 Å². The molecule has 1 spiro atoms. The first-order valence-electron chi connectivity index (χ1n) is 12.6. The van der Waals surface area contributed by atoms with Gasteiger partial charge in [-0.2, -0.15) is 0 Å². The number of nitrogens with one attached hydrogen (secondary N) is 2. The molecule has 6 nitrogen and oxygen atoms in total. The number of fused-ring (bicyclic) bond motifs is 4. The van der Waals surface area contributed by atoms with E-state index >= 15 is 0 Å². The van der Waals surface area contributed by atoms with E-state index in [9.17, 15) is 14.7 Å². The lowest BCUT2D eigenvalue weighted by Crippen LogP contribution is -2.70. The first kappa shape index (κ1) is 20.5. The number of piperidine rings is 1. The van der Waals surface area contributed by atoms with Crippen molar-refractivity contribution in [3.63, 3.8) is 0 Å². The van der Waals surface area contributed by atoms with Crippen LogP contribution in [-0.2, 0) is 4.79 Å². The zero-order valence-electron chi connectivity index (χ0n) is 19.0. The molecule has 2 aliphatic heterocycles. The van der Waals surface area contributed by atoms with Gasteiger partial charge < -0.3 is 20.6 Å². The molecule has 3 N–H and O–H groups in total. The molecule has 2 heterocycles. The van der Waals surface area contributed by atoms with Crippen LogP contribution < -0.4 is 10.6 Å². The maximum absolute atomic E-state index is 14.0. The minimum atomic E-state index is -0.458. The van der Waals surface area contributed by atoms with Crippen LogP contribution in [0, 0.1) is 23.2 Å². The number of rotatable bonds is 1. The largest absolute Gasteiger partial charge is 0.393 e. The van der Waals surface area contributed by atoms with Crippen molar-refractivity contribution in [2.75, 3.05) is 11.9 Å². The average molecular weight is 438 g/mol. The number of nitrogens with zero attached hydrogens (tertiary/aromatic N) is 1. The molecule has 0 radical (unpaired) electrons. The summed E-state index contributed by atoms with van der Waals surface area (Å²) < 4.78 is 0. The zero-order valence-corrected chi connectivity index (χ0v) is 19.0. The van der Waals surface area contributed by atoms with E-state index in [0.717, 1.165) is 50.6 Å². The summed E-state index contributed by atoms with van der Waals surface area (Å²) >= 11 is 0. The summed E-state index contributed by atoms with van der Waals surface area (Å²) in [6.45, 7) is 2.95. The van der Waals surface area contributed by atoms with Gasteiger partial charge in [0.1, 0.15) is 5.66 Å². The van der Waals surface area contributed by atoms with Crippen LogP contribution in [0.2, 0.25) is 0 Å². The van der Waals surface area contributed by atoms with Gasteiger partial charge in [0.05, 0.1) is 11.7 Å². The smallest absolute Gasteiger partial charge is 0.255 e. The fourth-order valence-corrected chi connectivity index (χ4v) is 7.93. The topological polar surface area (TPSA) is 81.7 Å². The third-order valence-electron chi connectivity index (χ3n) is 9.59. The Morgan fingerprint density at radius 1 is 1.12 bits per heavy atom. The molecule has 172 valence electrons. The number of hydrogen-bond acceptors (Lipinski definition) is 4. The quantitative estimate of drug-likeness (QED) is 0.628. The van der Waals surface area contributed by atoms with Crippen LogP contribution >= 0.6 is 0 Å². The number of aliphatic hydroxyl groups excluding tert-OH is 1. The molecule has 7 atom stereocenters. The monoisotopic (exact) mass is 437 g/mol. The normalized spacial score (nSPS) is 42.6. The lowest BCUT2D eigenvalue weighted by Gasteiger charge is -2.61. The summed E-state index contributed by atoms with van der Waals surface area (Å²) in [5.74, 6) is 0.790. The Bertz CT molecular complexity index is 950. The molecule has 0 unspecified atom stereocenters. The van der Waals surface area contributed by atoms with E-state index in [0.29, 0.717) is 24.4 Å². The Balaban J connectivity index is 1.26. The molecule has 7 rings (SSSR count). The molecule has 1 aromatic rings. The number of hydrogen-bond donors (Lipinski definition) is 3. The molecular weight excluding hydrogens is 402 g/mol. The highest BCUT2D eigenvalue weighted by atomic mass is 16.3. The van der Waals surface area contributed by atoms with Crippen LogP contribution in [0.25, 0.3) is 0 Å². The highest BCUT2D eigenvalue weighted by Crippen LogP contribution is 2.59. The molecule has 2 bridgehead atoms. The average Bonchev–Trinajstić information content (AvgIpc) is 2.79. The molecule has 0 aromatic heterocycles. The summed E-state index contributed by atoms with van der Waals surface area (Å²) in [6, 6.07) is 7.93. The van der Waals surface area contributed by atoms with E-state index in [1.807, 2.05) is 24.3 Å². The third kappa shape index (κ3) is 2.94. The third-order valence-corrected chi connectivity index (χ3v) is 9.59. The molecule has 4 saturated carbocycles. The second-order valence-corrected chi connectivity index (χ2v) is 11.4. The predicted molar refractivity (Wildman–Crippen MR) is 122 cm³/mol. The molecule has 32 heavy (non-hydrogen) atoms. The summed E-state index contributed by atoms with van der Waals surface area (Å²) in [6.07, 6.45) is 8.50. The van der Waals surface area contributed by atoms with Gasteiger partial charge in [-0.25, -0.2) is 0 Å². The molecule has 5 fully saturated rings. The Morgan fingerprint density at radius 2 is 1.94 bits per heavy atom. The lowest BCUT2D eigenvalue weighted by molar-refractivity contribution is -0.160. The Labute approximate surface area is 190 Å². The van der Waals surface area contributed by atoms with Crippen molar-refractivity contribution in [2.45, 2.75) is 82.5 Å². The Kier molecular flexibility index (Phi) is 4.62. The minimum Gasteiger partial charge on any atom is -0.393 e. The molecular formula is C26H35N3O3. The molecule has 1 aromatic carbocycles. The Hall–Kier alpha value is -2.08. The summed E-state index contributed by atoms with van der Waals surface area (Å²) in [5, 5.41) is 17.6. The van der Waals surface area contributed by atoms with E-state index < -0.39 is 5.66 Å². The van der Waals surface area contributed by atoms with Gasteiger partial charge in [-0.1, -0.05) is 31.9 Å². The van der Waals surface area contributed by atoms with Crippen LogP contribution in [0.15, 0.2) is 24.3 Å². The number of benzene rings is 1. The van der Waals surface area contributed by atoms with Crippen molar-refractivity contribution in [3.8, 4) is 0 Å². The molecule has 6 aliphatic rings. The van der Waals surface area contributed by atoms with Crippen LogP contribution in [0.1, 0.15) is 75.1 Å². The number of amides is 2. The highest BCUT2D eigenvalue weighted by molar-refractivity contribution is 6.02. The first-order valence-corrected chi connectivity index (χ1v) is 12.6. The lowest BCUT2D eigenvalue weighted by atomic mass is 9.51. The Morgan fingerprint density at radius 3 is 2.78 bits per heavy atom. The van der Waals surface area contributed by atoms with Crippen molar-refractivity contribution in [3.05, 3.63) is 29.8 Å². The maximum atomic E-state index is 14.0. The van der Waals surface area contributed by atoms with Gasteiger partial charge in [0.25, 0.3) is 5.91 Å². The predicted octanol–water partition coefficient (Wildman–Crippen LogP) is 3.52. The van der Waals surface area contributed by atoms with E-state index in [1.165, 1.54) is 6.42 Å². The number of carbonyl (C=O) groups excluding carboxylic acids is 2. The van der Waals surface area contributed by atoms with E-state index in [2.05, 4.69) is 22.5 Å². The number of carbonyl (C=O) groups is 2. The van der Waals surface area contributed by atoms with Gasteiger partial charge >= 0.3 is 0 Å². The van der Waals surface area contributed by atoms with Gasteiger partial charge in [0.2, 0.25) is 5.91 Å².